The van der Waals surface area contributed by atoms with Gasteiger partial charge in [0.25, 0.3) is 5.91 Å². The molecule has 8 nitrogen and oxygen atoms in total. The second-order valence-corrected chi connectivity index (χ2v) is 11.3. The van der Waals surface area contributed by atoms with Crippen LogP contribution in [-0.2, 0) is 20.0 Å². The fourth-order valence-corrected chi connectivity index (χ4v) is 6.99. The average molecular weight is 458 g/mol. The first-order valence-corrected chi connectivity index (χ1v) is 13.2. The standard InChI is InChI=1S/C18H23N3O5S3/c1-2-13-28(23,24)20-15-7-5-14(6-8-15)19-18(22)17-16(9-12-27-17)29(25,26)21-10-3-4-11-21/h5-9,12,20H,2-4,10-11,13H2,1H3,(H,19,22). The number of rotatable bonds is 8. The molecule has 29 heavy (non-hydrogen) atoms. The molecule has 1 aromatic heterocycles. The summed E-state index contributed by atoms with van der Waals surface area (Å²) in [6.07, 6.45) is 2.14. The number of sulfonamides is 2. The van der Waals surface area contributed by atoms with Crippen LogP contribution in [0, 0.1) is 0 Å². The number of carbonyl (C=O) groups is 1. The van der Waals surface area contributed by atoms with Gasteiger partial charge in [-0.15, -0.1) is 11.3 Å². The van der Waals surface area contributed by atoms with E-state index in [0.29, 0.717) is 30.9 Å². The van der Waals surface area contributed by atoms with Crippen molar-refractivity contribution in [2.24, 2.45) is 0 Å². The zero-order chi connectivity index (χ0) is 21.1. The van der Waals surface area contributed by atoms with Gasteiger partial charge >= 0.3 is 0 Å². The lowest BCUT2D eigenvalue weighted by Crippen LogP contribution is -2.29. The number of nitrogens with one attached hydrogen (secondary N) is 2. The Balaban J connectivity index is 1.72. The molecule has 3 rings (SSSR count). The van der Waals surface area contributed by atoms with Gasteiger partial charge < -0.3 is 5.32 Å². The molecule has 2 heterocycles. The van der Waals surface area contributed by atoms with Crippen LogP contribution in [0.4, 0.5) is 11.4 Å². The molecular weight excluding hydrogens is 434 g/mol. The van der Waals surface area contributed by atoms with Crippen LogP contribution in [0.2, 0.25) is 0 Å². The molecule has 11 heteroatoms. The van der Waals surface area contributed by atoms with Crippen molar-refractivity contribution in [3.8, 4) is 0 Å². The van der Waals surface area contributed by atoms with Gasteiger partial charge in [-0.1, -0.05) is 6.92 Å². The maximum absolute atomic E-state index is 12.8. The van der Waals surface area contributed by atoms with Crippen LogP contribution in [0.15, 0.2) is 40.6 Å². The first-order chi connectivity index (χ1) is 13.7. The molecule has 1 aromatic carbocycles. The lowest BCUT2D eigenvalue weighted by Gasteiger charge is -2.15. The Morgan fingerprint density at radius 3 is 2.28 bits per heavy atom. The Morgan fingerprint density at radius 2 is 1.66 bits per heavy atom. The van der Waals surface area contributed by atoms with E-state index in [-0.39, 0.29) is 15.5 Å². The lowest BCUT2D eigenvalue weighted by molar-refractivity contribution is 0.102. The molecule has 1 fully saturated rings. The van der Waals surface area contributed by atoms with E-state index in [0.717, 1.165) is 24.2 Å². The quantitative estimate of drug-likeness (QED) is 0.633. The second kappa shape index (κ2) is 8.82. The van der Waals surface area contributed by atoms with Gasteiger partial charge in [-0.2, -0.15) is 4.31 Å². The number of carbonyl (C=O) groups excluding carboxylic acids is 1. The highest BCUT2D eigenvalue weighted by atomic mass is 32.2. The van der Waals surface area contributed by atoms with E-state index in [2.05, 4.69) is 10.0 Å². The molecule has 0 atom stereocenters. The third-order valence-electron chi connectivity index (χ3n) is 4.41. The zero-order valence-corrected chi connectivity index (χ0v) is 18.4. The molecule has 1 amide bonds. The third kappa shape index (κ3) is 5.16. The van der Waals surface area contributed by atoms with Crippen molar-refractivity contribution in [3.05, 3.63) is 40.6 Å². The van der Waals surface area contributed by atoms with Crippen LogP contribution >= 0.6 is 11.3 Å². The summed E-state index contributed by atoms with van der Waals surface area (Å²) in [4.78, 5) is 12.8. The van der Waals surface area contributed by atoms with Gasteiger partial charge in [0.05, 0.1) is 5.75 Å². The lowest BCUT2D eigenvalue weighted by atomic mass is 10.3. The maximum Gasteiger partial charge on any atom is 0.267 e. The molecule has 0 unspecified atom stereocenters. The Kier molecular flexibility index (Phi) is 6.62. The number of hydrogen-bond donors (Lipinski definition) is 2. The van der Waals surface area contributed by atoms with E-state index >= 15 is 0 Å². The van der Waals surface area contributed by atoms with Crippen LogP contribution in [0.3, 0.4) is 0 Å². The molecule has 0 saturated carbocycles. The van der Waals surface area contributed by atoms with Crippen molar-refractivity contribution in [1.29, 1.82) is 0 Å². The third-order valence-corrected chi connectivity index (χ3v) is 8.88. The van der Waals surface area contributed by atoms with E-state index in [4.69, 9.17) is 0 Å². The molecule has 158 valence electrons. The van der Waals surface area contributed by atoms with Gasteiger partial charge in [0.2, 0.25) is 20.0 Å². The highest BCUT2D eigenvalue weighted by Crippen LogP contribution is 2.28. The fourth-order valence-electron chi connectivity index (χ4n) is 3.04. The highest BCUT2D eigenvalue weighted by Gasteiger charge is 2.31. The average Bonchev–Trinajstić information content (AvgIpc) is 3.35. The van der Waals surface area contributed by atoms with Gasteiger partial charge in [0.1, 0.15) is 9.77 Å². The van der Waals surface area contributed by atoms with Gasteiger partial charge in [0.15, 0.2) is 0 Å². The van der Waals surface area contributed by atoms with Crippen molar-refractivity contribution < 1.29 is 21.6 Å². The van der Waals surface area contributed by atoms with Gasteiger partial charge in [0, 0.05) is 24.5 Å². The number of thiophene rings is 1. The molecule has 1 aliphatic rings. The molecule has 1 saturated heterocycles. The Hall–Kier alpha value is -1.95. The van der Waals surface area contributed by atoms with Crippen LogP contribution < -0.4 is 10.0 Å². The SMILES string of the molecule is CCCS(=O)(=O)Nc1ccc(NC(=O)c2sccc2S(=O)(=O)N2CCCC2)cc1. The second-order valence-electron chi connectivity index (χ2n) is 6.68. The Labute approximate surface area is 175 Å². The molecule has 2 aromatic rings. The minimum Gasteiger partial charge on any atom is -0.321 e. The van der Waals surface area contributed by atoms with E-state index in [9.17, 15) is 21.6 Å². The van der Waals surface area contributed by atoms with E-state index in [1.165, 1.54) is 10.4 Å². The molecule has 0 bridgehead atoms. The summed E-state index contributed by atoms with van der Waals surface area (Å²) in [5, 5.41) is 4.26. The zero-order valence-electron chi connectivity index (χ0n) is 15.9. The predicted octanol–water partition coefficient (Wildman–Crippen LogP) is 2.94. The van der Waals surface area contributed by atoms with Crippen LogP contribution in [0.5, 0.6) is 0 Å². The Morgan fingerprint density at radius 1 is 1.03 bits per heavy atom. The summed E-state index contributed by atoms with van der Waals surface area (Å²) in [5.41, 5.74) is 0.830. The minimum atomic E-state index is -3.69. The van der Waals surface area contributed by atoms with E-state index in [1.807, 2.05) is 0 Å². The summed E-state index contributed by atoms with van der Waals surface area (Å²) >= 11 is 1.07. The molecule has 2 N–H and O–H groups in total. The largest absolute Gasteiger partial charge is 0.321 e. The van der Waals surface area contributed by atoms with Crippen LogP contribution in [0.25, 0.3) is 0 Å². The number of nitrogens with zero attached hydrogens (tertiary/aromatic N) is 1. The van der Waals surface area contributed by atoms with Crippen LogP contribution in [0.1, 0.15) is 35.9 Å². The monoisotopic (exact) mass is 457 g/mol. The number of amides is 1. The van der Waals surface area contributed by atoms with Crippen molar-refractivity contribution in [3.63, 3.8) is 0 Å². The molecule has 0 spiro atoms. The minimum absolute atomic E-state index is 0.0193. The summed E-state index contributed by atoms with van der Waals surface area (Å²) < 4.78 is 53.1. The summed E-state index contributed by atoms with van der Waals surface area (Å²) in [5.74, 6) is -0.491. The molecule has 0 radical (unpaired) electrons. The van der Waals surface area contributed by atoms with E-state index in [1.54, 1.807) is 36.6 Å². The predicted molar refractivity (Wildman–Crippen MR) is 114 cm³/mol. The van der Waals surface area contributed by atoms with Gasteiger partial charge in [-0.3, -0.25) is 9.52 Å². The molecular formula is C18H23N3O5S3. The normalized spacial score (nSPS) is 15.3. The number of anilines is 2. The first kappa shape index (κ1) is 21.8. The Bertz CT molecular complexity index is 1070. The molecule has 0 aliphatic carbocycles. The van der Waals surface area contributed by atoms with Crippen molar-refractivity contribution >= 4 is 48.7 Å². The van der Waals surface area contributed by atoms with Gasteiger partial charge in [-0.05, 0) is 55.0 Å². The summed E-state index contributed by atoms with van der Waals surface area (Å²) in [7, 11) is -7.08. The summed E-state index contributed by atoms with van der Waals surface area (Å²) in [6.45, 7) is 2.71. The maximum atomic E-state index is 12.8. The van der Waals surface area contributed by atoms with Crippen molar-refractivity contribution in [1.82, 2.24) is 4.31 Å². The topological polar surface area (TPSA) is 113 Å². The fraction of sp³-hybridized carbons (Fsp3) is 0.389. The van der Waals surface area contributed by atoms with Crippen LogP contribution in [-0.4, -0.2) is 45.9 Å². The summed E-state index contributed by atoms with van der Waals surface area (Å²) in [6, 6.07) is 7.66. The number of hydrogen-bond acceptors (Lipinski definition) is 6. The van der Waals surface area contributed by atoms with E-state index < -0.39 is 26.0 Å². The van der Waals surface area contributed by atoms with Gasteiger partial charge in [-0.25, -0.2) is 16.8 Å². The van der Waals surface area contributed by atoms with Crippen molar-refractivity contribution in [2.45, 2.75) is 31.1 Å². The number of benzene rings is 1. The molecule has 1 aliphatic heterocycles. The first-order valence-electron chi connectivity index (χ1n) is 9.22. The van der Waals surface area contributed by atoms with Crippen molar-refractivity contribution in [2.75, 3.05) is 28.9 Å². The smallest absolute Gasteiger partial charge is 0.267 e. The highest BCUT2D eigenvalue weighted by molar-refractivity contribution is 7.92.